The van der Waals surface area contributed by atoms with E-state index in [1.54, 1.807) is 0 Å². The lowest BCUT2D eigenvalue weighted by atomic mass is 9.84. The summed E-state index contributed by atoms with van der Waals surface area (Å²) in [6.07, 6.45) is 12.0. The van der Waals surface area contributed by atoms with Gasteiger partial charge in [-0.2, -0.15) is 9.36 Å². The number of hydrogen-bond donors (Lipinski definition) is 4. The van der Waals surface area contributed by atoms with Crippen molar-refractivity contribution in [2.75, 3.05) is 194 Å². The molecule has 1 aliphatic carbocycles. The number of anilines is 2. The Labute approximate surface area is 539 Å². The van der Waals surface area contributed by atoms with Crippen LogP contribution in [0.1, 0.15) is 59.6 Å². The van der Waals surface area contributed by atoms with Crippen LogP contribution in [0.4, 0.5) is 11.4 Å². The van der Waals surface area contributed by atoms with Crippen molar-refractivity contribution in [1.29, 1.82) is 0 Å². The highest BCUT2D eigenvalue weighted by Crippen LogP contribution is 2.45. The first-order valence-corrected chi connectivity index (χ1v) is 33.2. The van der Waals surface area contributed by atoms with Crippen LogP contribution in [0.25, 0.3) is 11.1 Å². The van der Waals surface area contributed by atoms with Crippen molar-refractivity contribution < 1.29 is 57.5 Å². The van der Waals surface area contributed by atoms with Gasteiger partial charge in [-0.25, -0.2) is 0 Å². The standard InChI is InChI=1S/C64H94N18O10/c83-63-61(53-5-9-59(10-6-53)77(29-41-89-49-55-45-79(69-65-55)17-1-13-73-21-33-85-34-22-73)30-42-90-50-56-46-80(70-66-56)18-2-14-74-23-35-86-36-24-74)64(84)62(63)54-7-11-60(12-8-54)78(31-43-91-51-57-47-81(71-67-57)19-3-15-75-25-37-87-38-26-75)32-44-92-52-58-48-82(72-68-58)20-4-16-76-27-39-88-40-28-76/h5-12,45-48,83-84H,1-4,13-44,49-52H2/p+2. The summed E-state index contributed by atoms with van der Waals surface area (Å²) in [6.45, 7) is 27.1. The van der Waals surface area contributed by atoms with Crippen LogP contribution in [0.5, 0.6) is 0 Å². The van der Waals surface area contributed by atoms with Crippen molar-refractivity contribution in [3.05, 3.63) is 119 Å². The smallest absolute Gasteiger partial charge is 0.243 e. The Morgan fingerprint density at radius 3 is 1.10 bits per heavy atom. The number of aryl methyl sites for hydroxylation is 4. The lowest BCUT2D eigenvalue weighted by molar-refractivity contribution is -0.754. The Bertz CT molecular complexity index is 2790. The van der Waals surface area contributed by atoms with E-state index in [2.05, 4.69) is 70.6 Å². The SMILES string of the molecule is OC1=C(c2ccc(N(CCOCc3cn(CCCN4CCOCC4)nn3)CCOCc3cn(CCCN4CCOCC4)nn3)cc2)C(O)=C1c1ccc(N(CCOCc2c[n+](CCCN3CCOCC3)[nH]n2)CCOCc2c[n+](CCCN3CCOCC3)[nH]n2)cc1. The van der Waals surface area contributed by atoms with E-state index in [1.165, 1.54) is 0 Å². The van der Waals surface area contributed by atoms with Crippen molar-refractivity contribution in [3.8, 4) is 0 Å². The quantitative estimate of drug-likeness (QED) is 0.0318. The summed E-state index contributed by atoms with van der Waals surface area (Å²) in [7, 11) is 0. The molecule has 5 aliphatic rings. The molecule has 4 saturated heterocycles. The van der Waals surface area contributed by atoms with Crippen LogP contribution in [-0.2, 0) is 90.5 Å². The maximum Gasteiger partial charge on any atom is 0.243 e. The van der Waals surface area contributed by atoms with Crippen LogP contribution in [0, 0.1) is 0 Å². The molecule has 4 fully saturated rings. The average molecular weight is 1280 g/mol. The van der Waals surface area contributed by atoms with Crippen LogP contribution in [0.15, 0.2) is 84.8 Å². The normalized spacial score (nSPS) is 17.3. The summed E-state index contributed by atoms with van der Waals surface area (Å²) in [6, 6.07) is 15.7. The molecule has 4 aromatic heterocycles. The summed E-state index contributed by atoms with van der Waals surface area (Å²) < 4.78 is 54.6. The number of hydrogen-bond acceptors (Lipinski definition) is 22. The molecule has 11 rings (SSSR count). The Morgan fingerprint density at radius 2 is 0.750 bits per heavy atom. The van der Waals surface area contributed by atoms with Crippen LogP contribution in [0.3, 0.4) is 0 Å². The number of ether oxygens (including phenoxy) is 8. The first-order chi connectivity index (χ1) is 45.4. The number of benzene rings is 2. The maximum absolute atomic E-state index is 11.7. The van der Waals surface area contributed by atoms with Gasteiger partial charge in [-0.1, -0.05) is 45.1 Å². The molecule has 8 heterocycles. The number of aliphatic hydroxyl groups is 2. The van der Waals surface area contributed by atoms with Crippen LogP contribution in [0.2, 0.25) is 0 Å². The third kappa shape index (κ3) is 20.6. The van der Waals surface area contributed by atoms with E-state index in [9.17, 15) is 10.2 Å². The fourth-order valence-corrected chi connectivity index (χ4v) is 12.1. The minimum Gasteiger partial charge on any atom is -0.506 e. The molecule has 2 aromatic carbocycles. The second-order valence-corrected chi connectivity index (χ2v) is 24.0. The first-order valence-electron chi connectivity index (χ1n) is 33.2. The maximum atomic E-state index is 11.7. The Kier molecular flexibility index (Phi) is 26.1. The number of H-pyrrole nitrogens is 2. The lowest BCUT2D eigenvalue weighted by Crippen LogP contribution is -2.40. The highest BCUT2D eigenvalue weighted by molar-refractivity contribution is 6.06. The van der Waals surface area contributed by atoms with E-state index in [4.69, 9.17) is 37.9 Å². The second kappa shape index (κ2) is 36.0. The van der Waals surface area contributed by atoms with Gasteiger partial charge in [0.05, 0.1) is 116 Å². The largest absolute Gasteiger partial charge is 0.506 e. The fourth-order valence-electron chi connectivity index (χ4n) is 12.1. The van der Waals surface area contributed by atoms with E-state index in [0.717, 1.165) is 217 Å². The van der Waals surface area contributed by atoms with E-state index in [1.807, 2.05) is 92.0 Å². The number of aromatic amines is 2. The zero-order valence-electron chi connectivity index (χ0n) is 53.5. The summed E-state index contributed by atoms with van der Waals surface area (Å²) >= 11 is 0. The number of aliphatic hydroxyl groups excluding tert-OH is 2. The minimum atomic E-state index is 0.0388. The van der Waals surface area contributed by atoms with Crippen molar-refractivity contribution in [3.63, 3.8) is 0 Å². The van der Waals surface area contributed by atoms with Crippen molar-refractivity contribution in [1.82, 2.24) is 70.2 Å². The Balaban J connectivity index is 0.679. The van der Waals surface area contributed by atoms with Crippen LogP contribution >= 0.6 is 0 Å². The van der Waals surface area contributed by atoms with E-state index in [0.29, 0.717) is 101 Å². The van der Waals surface area contributed by atoms with Crippen molar-refractivity contribution >= 4 is 22.5 Å². The second-order valence-electron chi connectivity index (χ2n) is 24.0. The van der Waals surface area contributed by atoms with Crippen LogP contribution in [-0.4, -0.2) is 264 Å². The minimum absolute atomic E-state index is 0.0388. The highest BCUT2D eigenvalue weighted by Gasteiger charge is 2.32. The van der Waals surface area contributed by atoms with Gasteiger partial charge in [-0.15, -0.1) is 10.2 Å². The Morgan fingerprint density at radius 1 is 0.424 bits per heavy atom. The van der Waals surface area contributed by atoms with Gasteiger partial charge in [0.15, 0.2) is 12.4 Å². The molecule has 0 saturated carbocycles. The summed E-state index contributed by atoms with van der Waals surface area (Å²) in [5.41, 5.74) is 7.36. The number of aromatic nitrogens is 12. The van der Waals surface area contributed by atoms with Gasteiger partial charge >= 0.3 is 0 Å². The molecule has 500 valence electrons. The predicted molar refractivity (Wildman–Crippen MR) is 340 cm³/mol. The summed E-state index contributed by atoms with van der Waals surface area (Å²) in [5.74, 6) is 0.0777. The molecule has 92 heavy (non-hydrogen) atoms. The molecule has 4 aliphatic heterocycles. The van der Waals surface area contributed by atoms with Gasteiger partial charge < -0.3 is 57.9 Å². The third-order valence-corrected chi connectivity index (χ3v) is 17.3. The first kappa shape index (κ1) is 66.6. The Hall–Kier alpha value is -6.80. The molecule has 0 radical (unpaired) electrons. The van der Waals surface area contributed by atoms with E-state index in [-0.39, 0.29) is 11.5 Å². The molecule has 0 bridgehead atoms. The van der Waals surface area contributed by atoms with Gasteiger partial charge in [-0.05, 0) is 61.1 Å². The molecule has 28 nitrogen and oxygen atoms in total. The van der Waals surface area contributed by atoms with Crippen molar-refractivity contribution in [2.24, 2.45) is 0 Å². The molecule has 4 N–H and O–H groups in total. The fraction of sp³-hybridized carbons (Fsp3) is 0.625. The van der Waals surface area contributed by atoms with Gasteiger partial charge in [0.25, 0.3) is 0 Å². The monoisotopic (exact) mass is 1280 g/mol. The van der Waals surface area contributed by atoms with Crippen LogP contribution < -0.4 is 19.2 Å². The number of allylic oxidation sites excluding steroid dienone is 2. The van der Waals surface area contributed by atoms with E-state index >= 15 is 0 Å². The molecule has 0 atom stereocenters. The third-order valence-electron chi connectivity index (χ3n) is 17.3. The van der Waals surface area contributed by atoms with Gasteiger partial charge in [0.2, 0.25) is 11.4 Å². The highest BCUT2D eigenvalue weighted by atomic mass is 16.5. The van der Waals surface area contributed by atoms with E-state index < -0.39 is 0 Å². The molecule has 0 amide bonds. The van der Waals surface area contributed by atoms with Gasteiger partial charge in [-0.3, -0.25) is 29.0 Å². The molecule has 0 unspecified atom stereocenters. The number of morpholine rings is 4. The predicted octanol–water partition coefficient (Wildman–Crippen LogP) is 2.51. The summed E-state index contributed by atoms with van der Waals surface area (Å²) in [5, 5.41) is 56.0. The van der Waals surface area contributed by atoms with Gasteiger partial charge in [0, 0.05) is 139 Å². The number of nitrogens with zero attached hydrogens (tertiary/aromatic N) is 16. The number of rotatable bonds is 40. The van der Waals surface area contributed by atoms with Crippen molar-refractivity contribution in [2.45, 2.75) is 78.3 Å². The lowest BCUT2D eigenvalue weighted by Gasteiger charge is -2.27. The zero-order valence-corrected chi connectivity index (χ0v) is 53.5. The number of nitrogens with one attached hydrogen (secondary N) is 2. The topological polar surface area (TPSA) is 260 Å². The zero-order chi connectivity index (χ0) is 62.8. The molecular formula is C64H96N18O10+2. The molecule has 28 heteroatoms. The van der Waals surface area contributed by atoms with Gasteiger partial charge in [0.1, 0.15) is 49.2 Å². The molecule has 6 aromatic rings. The molecular weight excluding hydrogens is 1180 g/mol. The molecule has 0 spiro atoms. The average Bonchev–Trinajstić information content (AvgIpc) is 0.894. The summed E-state index contributed by atoms with van der Waals surface area (Å²) in [4.78, 5) is 14.2.